The molecule has 134 valence electrons. The lowest BCUT2D eigenvalue weighted by Gasteiger charge is -2.30. The molecule has 0 spiro atoms. The lowest BCUT2D eigenvalue weighted by atomic mass is 9.79. The first-order valence-electron chi connectivity index (χ1n) is 8.95. The Balaban J connectivity index is 1.52. The van der Waals surface area contributed by atoms with Gasteiger partial charge in [-0.25, -0.2) is 0 Å². The van der Waals surface area contributed by atoms with Gasteiger partial charge in [0.05, 0.1) is 11.0 Å². The molecule has 3 fully saturated rings. The molecule has 2 N–H and O–H groups in total. The highest BCUT2D eigenvalue weighted by Gasteiger charge is 2.58. The predicted molar refractivity (Wildman–Crippen MR) is 92.7 cm³/mol. The van der Waals surface area contributed by atoms with Crippen molar-refractivity contribution in [3.8, 4) is 0 Å². The molecule has 0 radical (unpaired) electrons. The predicted octanol–water partition coefficient (Wildman–Crippen LogP) is 0.486. The van der Waals surface area contributed by atoms with Crippen LogP contribution in [0.5, 0.6) is 0 Å². The molecular weight excluding hydrogens is 318 g/mol. The number of nitrogens with one attached hydrogen (secondary N) is 2. The van der Waals surface area contributed by atoms with Crippen LogP contribution in [0.15, 0.2) is 30.3 Å². The maximum Gasteiger partial charge on any atom is 0.248 e. The van der Waals surface area contributed by atoms with E-state index >= 15 is 0 Å². The number of carbonyl (C=O) groups excluding carboxylic acids is 2. The van der Waals surface area contributed by atoms with Crippen LogP contribution in [-0.2, 0) is 19.9 Å². The number of carbonyl (C=O) groups is 2. The molecule has 0 aromatic heterocycles. The fraction of sp³-hybridized carbons (Fsp3) is 0.579. The topological polar surface area (TPSA) is 70.7 Å². The van der Waals surface area contributed by atoms with Crippen LogP contribution in [0, 0.1) is 11.3 Å². The van der Waals surface area contributed by atoms with Gasteiger partial charge in [0, 0.05) is 39.2 Å². The number of rotatable bonds is 5. The van der Waals surface area contributed by atoms with Crippen LogP contribution in [0.25, 0.3) is 0 Å². The molecule has 2 aliphatic heterocycles. The number of methoxy groups -OCH3 is 1. The summed E-state index contributed by atoms with van der Waals surface area (Å²) in [6, 6.07) is 10.2. The van der Waals surface area contributed by atoms with Crippen LogP contribution in [0.3, 0.4) is 0 Å². The minimum atomic E-state index is -0.520. The highest BCUT2D eigenvalue weighted by molar-refractivity contribution is 5.87. The first-order valence-corrected chi connectivity index (χ1v) is 8.95. The lowest BCUT2D eigenvalue weighted by molar-refractivity contribution is -0.136. The molecule has 6 nitrogen and oxygen atoms in total. The van der Waals surface area contributed by atoms with Gasteiger partial charge in [0.2, 0.25) is 11.8 Å². The summed E-state index contributed by atoms with van der Waals surface area (Å²) in [6.07, 6.45) is 1.95. The number of nitrogens with zero attached hydrogens (tertiary/aromatic N) is 1. The maximum atomic E-state index is 13.3. The van der Waals surface area contributed by atoms with Crippen LogP contribution in [0.1, 0.15) is 18.4 Å². The Bertz CT molecular complexity index is 674. The van der Waals surface area contributed by atoms with Gasteiger partial charge in [-0.3, -0.25) is 9.59 Å². The number of benzene rings is 1. The summed E-state index contributed by atoms with van der Waals surface area (Å²) in [7, 11) is 1.52. The van der Waals surface area contributed by atoms with Gasteiger partial charge in [0.25, 0.3) is 0 Å². The smallest absolute Gasteiger partial charge is 0.248 e. The Labute approximate surface area is 147 Å². The van der Waals surface area contributed by atoms with E-state index in [1.54, 1.807) is 4.90 Å². The SMILES string of the molecule is COCC(=O)N1C[C@H]2CNC[C@@]2(C(=O)NC2(c3ccccc3)CC2)C1. The summed E-state index contributed by atoms with van der Waals surface area (Å²) in [4.78, 5) is 27.3. The number of likely N-dealkylation sites (tertiary alicyclic amines) is 1. The van der Waals surface area contributed by atoms with Crippen LogP contribution < -0.4 is 10.6 Å². The van der Waals surface area contributed by atoms with Crippen molar-refractivity contribution >= 4 is 11.8 Å². The van der Waals surface area contributed by atoms with Gasteiger partial charge in [-0.15, -0.1) is 0 Å². The fourth-order valence-corrected chi connectivity index (χ4v) is 4.36. The van der Waals surface area contributed by atoms with E-state index in [2.05, 4.69) is 22.8 Å². The maximum absolute atomic E-state index is 13.3. The van der Waals surface area contributed by atoms with Crippen molar-refractivity contribution in [3.63, 3.8) is 0 Å². The van der Waals surface area contributed by atoms with Gasteiger partial charge in [-0.05, 0) is 18.4 Å². The number of hydrogen-bond acceptors (Lipinski definition) is 4. The van der Waals surface area contributed by atoms with E-state index in [1.165, 1.54) is 12.7 Å². The average Bonchev–Trinajstić information content (AvgIpc) is 3.13. The Morgan fingerprint density at radius 3 is 2.76 bits per heavy atom. The van der Waals surface area contributed by atoms with Crippen molar-refractivity contribution in [2.24, 2.45) is 11.3 Å². The van der Waals surface area contributed by atoms with E-state index in [9.17, 15) is 9.59 Å². The zero-order valence-corrected chi connectivity index (χ0v) is 14.6. The normalized spacial score (nSPS) is 29.3. The first kappa shape index (κ1) is 16.5. The Morgan fingerprint density at radius 2 is 2.08 bits per heavy atom. The van der Waals surface area contributed by atoms with E-state index in [4.69, 9.17) is 4.74 Å². The Hall–Kier alpha value is -1.92. The quantitative estimate of drug-likeness (QED) is 0.816. The van der Waals surface area contributed by atoms with Crippen LogP contribution >= 0.6 is 0 Å². The monoisotopic (exact) mass is 343 g/mol. The molecule has 2 heterocycles. The van der Waals surface area contributed by atoms with E-state index < -0.39 is 5.41 Å². The minimum Gasteiger partial charge on any atom is -0.375 e. The molecule has 0 unspecified atom stereocenters. The van der Waals surface area contributed by atoms with E-state index in [1.807, 2.05) is 18.2 Å². The second kappa shape index (κ2) is 6.11. The van der Waals surface area contributed by atoms with Crippen molar-refractivity contribution in [3.05, 3.63) is 35.9 Å². The summed E-state index contributed by atoms with van der Waals surface area (Å²) in [5.41, 5.74) is 0.436. The molecule has 1 saturated carbocycles. The number of amides is 2. The van der Waals surface area contributed by atoms with Crippen LogP contribution in [0.4, 0.5) is 0 Å². The molecule has 1 aliphatic carbocycles. The summed E-state index contributed by atoms with van der Waals surface area (Å²) >= 11 is 0. The molecule has 2 amide bonds. The van der Waals surface area contributed by atoms with Crippen molar-refractivity contribution in [1.82, 2.24) is 15.5 Å². The van der Waals surface area contributed by atoms with Gasteiger partial charge in [-0.2, -0.15) is 0 Å². The molecule has 6 heteroatoms. The fourth-order valence-electron chi connectivity index (χ4n) is 4.36. The molecule has 0 bridgehead atoms. The van der Waals surface area contributed by atoms with Crippen molar-refractivity contribution in [2.45, 2.75) is 18.4 Å². The Morgan fingerprint density at radius 1 is 1.32 bits per heavy atom. The van der Waals surface area contributed by atoms with Crippen molar-refractivity contribution < 1.29 is 14.3 Å². The molecule has 2 saturated heterocycles. The summed E-state index contributed by atoms with van der Waals surface area (Å²) in [5.74, 6) is 0.213. The van der Waals surface area contributed by atoms with E-state index in [0.29, 0.717) is 19.6 Å². The summed E-state index contributed by atoms with van der Waals surface area (Å²) in [5, 5.41) is 6.68. The largest absolute Gasteiger partial charge is 0.375 e. The molecule has 4 rings (SSSR count). The third kappa shape index (κ3) is 2.73. The number of ether oxygens (including phenoxy) is 1. The Kier molecular flexibility index (Phi) is 4.04. The minimum absolute atomic E-state index is 0.0340. The summed E-state index contributed by atoms with van der Waals surface area (Å²) < 4.78 is 4.97. The van der Waals surface area contributed by atoms with Gasteiger partial charge < -0.3 is 20.3 Å². The van der Waals surface area contributed by atoms with E-state index in [-0.39, 0.29) is 29.9 Å². The lowest BCUT2D eigenvalue weighted by Crippen LogP contribution is -2.51. The van der Waals surface area contributed by atoms with Crippen LogP contribution in [0.2, 0.25) is 0 Å². The van der Waals surface area contributed by atoms with Gasteiger partial charge >= 0.3 is 0 Å². The zero-order chi connectivity index (χ0) is 17.5. The second-order valence-corrected chi connectivity index (χ2v) is 7.59. The molecule has 1 aromatic rings. The van der Waals surface area contributed by atoms with Gasteiger partial charge in [0.1, 0.15) is 6.61 Å². The third-order valence-corrected chi connectivity index (χ3v) is 6.03. The molecular formula is C19H25N3O3. The molecule has 3 aliphatic rings. The summed E-state index contributed by atoms with van der Waals surface area (Å²) in [6.45, 7) is 2.59. The number of hydrogen-bond donors (Lipinski definition) is 2. The van der Waals surface area contributed by atoms with Gasteiger partial charge in [-0.1, -0.05) is 30.3 Å². The van der Waals surface area contributed by atoms with Crippen molar-refractivity contribution in [2.75, 3.05) is 39.9 Å². The molecule has 2 atom stereocenters. The molecule has 1 aromatic carbocycles. The highest BCUT2D eigenvalue weighted by atomic mass is 16.5. The number of fused-ring (bicyclic) bond motifs is 1. The first-order chi connectivity index (χ1) is 12.1. The van der Waals surface area contributed by atoms with E-state index in [0.717, 1.165) is 19.4 Å². The molecule has 25 heavy (non-hydrogen) atoms. The second-order valence-electron chi connectivity index (χ2n) is 7.59. The zero-order valence-electron chi connectivity index (χ0n) is 14.6. The van der Waals surface area contributed by atoms with Gasteiger partial charge in [0.15, 0.2) is 0 Å². The average molecular weight is 343 g/mol. The third-order valence-electron chi connectivity index (χ3n) is 6.03. The van der Waals surface area contributed by atoms with Crippen molar-refractivity contribution in [1.29, 1.82) is 0 Å². The standard InChI is InChI=1S/C19H25N3O3/c1-25-11-16(23)22-10-15-9-20-12-18(15,13-22)17(24)21-19(7-8-19)14-5-3-2-4-6-14/h2-6,15,20H,7-13H2,1H3,(H,21,24)/t15-,18-/m1/s1. The highest BCUT2D eigenvalue weighted by Crippen LogP contribution is 2.47. The van der Waals surface area contributed by atoms with Crippen LogP contribution in [-0.4, -0.2) is 56.6 Å².